The summed E-state index contributed by atoms with van der Waals surface area (Å²) in [5.74, 6) is -0.202. The van der Waals surface area contributed by atoms with Crippen molar-refractivity contribution < 1.29 is 18.8 Å². The van der Waals surface area contributed by atoms with E-state index in [-0.39, 0.29) is 12.8 Å². The Kier molecular flexibility index (Phi) is 6.61. The van der Waals surface area contributed by atoms with Gasteiger partial charge in [0.15, 0.2) is 6.10 Å². The van der Waals surface area contributed by atoms with Gasteiger partial charge in [0.05, 0.1) is 6.42 Å². The third kappa shape index (κ3) is 5.89. The molecule has 8 heteroatoms. The number of amides is 1. The van der Waals surface area contributed by atoms with Crippen LogP contribution in [-0.4, -0.2) is 28.1 Å². The van der Waals surface area contributed by atoms with Gasteiger partial charge in [0.25, 0.3) is 5.91 Å². The standard InChI is InChI=1S/C21H20ClN3O4/c1-13-3-9-17(10-4-13)23-21(27)14(2)28-19(26)12-11-18-24-20(25-29-18)15-5-7-16(22)8-6-15/h3-10,14H,11-12H2,1-2H3,(H,23,27)/t14-/m0/s1. The first kappa shape index (κ1) is 20.5. The Morgan fingerprint density at radius 2 is 1.83 bits per heavy atom. The van der Waals surface area contributed by atoms with Crippen LogP contribution in [0.1, 0.15) is 24.8 Å². The first-order valence-corrected chi connectivity index (χ1v) is 9.44. The third-order valence-electron chi connectivity index (χ3n) is 4.11. The van der Waals surface area contributed by atoms with Gasteiger partial charge in [-0.05, 0) is 50.2 Å². The average Bonchev–Trinajstić information content (AvgIpc) is 3.17. The molecule has 150 valence electrons. The van der Waals surface area contributed by atoms with Crippen molar-refractivity contribution in [1.29, 1.82) is 0 Å². The van der Waals surface area contributed by atoms with Crippen LogP contribution in [0.4, 0.5) is 5.69 Å². The number of aromatic nitrogens is 2. The van der Waals surface area contributed by atoms with Crippen molar-refractivity contribution in [3.63, 3.8) is 0 Å². The van der Waals surface area contributed by atoms with Crippen molar-refractivity contribution in [2.45, 2.75) is 32.8 Å². The summed E-state index contributed by atoms with van der Waals surface area (Å²) in [6.45, 7) is 3.48. The quantitative estimate of drug-likeness (QED) is 0.583. The zero-order valence-corrected chi connectivity index (χ0v) is 16.8. The number of nitrogens with one attached hydrogen (secondary N) is 1. The number of carbonyl (C=O) groups is 2. The van der Waals surface area contributed by atoms with Crippen LogP contribution in [0.5, 0.6) is 0 Å². The molecule has 2 aromatic carbocycles. The van der Waals surface area contributed by atoms with Crippen LogP contribution in [0, 0.1) is 6.92 Å². The van der Waals surface area contributed by atoms with Crippen LogP contribution in [0.25, 0.3) is 11.4 Å². The fraction of sp³-hybridized carbons (Fsp3) is 0.238. The van der Waals surface area contributed by atoms with Crippen LogP contribution in [0.3, 0.4) is 0 Å². The minimum absolute atomic E-state index is 0.0183. The predicted octanol–water partition coefficient (Wildman–Crippen LogP) is 4.20. The van der Waals surface area contributed by atoms with Crippen molar-refractivity contribution in [1.82, 2.24) is 10.1 Å². The Morgan fingerprint density at radius 3 is 2.52 bits per heavy atom. The molecule has 1 aromatic heterocycles. The lowest BCUT2D eigenvalue weighted by atomic mass is 10.2. The molecule has 29 heavy (non-hydrogen) atoms. The van der Waals surface area contributed by atoms with E-state index in [0.29, 0.717) is 22.4 Å². The van der Waals surface area contributed by atoms with E-state index in [4.69, 9.17) is 20.9 Å². The van der Waals surface area contributed by atoms with E-state index < -0.39 is 18.0 Å². The van der Waals surface area contributed by atoms with Crippen LogP contribution < -0.4 is 5.32 Å². The second-order valence-corrected chi connectivity index (χ2v) is 6.94. The molecule has 0 saturated carbocycles. The zero-order valence-electron chi connectivity index (χ0n) is 16.0. The summed E-state index contributed by atoms with van der Waals surface area (Å²) in [5.41, 5.74) is 2.49. The van der Waals surface area contributed by atoms with E-state index >= 15 is 0 Å². The summed E-state index contributed by atoms with van der Waals surface area (Å²) >= 11 is 5.86. The smallest absolute Gasteiger partial charge is 0.307 e. The van der Waals surface area contributed by atoms with Crippen molar-refractivity contribution in [2.24, 2.45) is 0 Å². The maximum absolute atomic E-state index is 12.2. The van der Waals surface area contributed by atoms with E-state index in [1.165, 1.54) is 6.92 Å². The molecule has 0 fully saturated rings. The number of hydrogen-bond donors (Lipinski definition) is 1. The van der Waals surface area contributed by atoms with E-state index in [0.717, 1.165) is 11.1 Å². The number of carbonyl (C=O) groups excluding carboxylic acids is 2. The lowest BCUT2D eigenvalue weighted by Crippen LogP contribution is -2.30. The summed E-state index contributed by atoms with van der Waals surface area (Å²) in [6.07, 6.45) is -0.688. The zero-order chi connectivity index (χ0) is 20.8. The van der Waals surface area contributed by atoms with Crippen LogP contribution >= 0.6 is 11.6 Å². The fourth-order valence-corrected chi connectivity index (χ4v) is 2.60. The summed E-state index contributed by atoms with van der Waals surface area (Å²) in [6, 6.07) is 14.4. The van der Waals surface area contributed by atoms with Crippen molar-refractivity contribution in [3.05, 3.63) is 65.0 Å². The molecule has 0 bridgehead atoms. The first-order valence-electron chi connectivity index (χ1n) is 9.06. The van der Waals surface area contributed by atoms with Gasteiger partial charge >= 0.3 is 5.97 Å². The van der Waals surface area contributed by atoms with Gasteiger partial charge in [-0.2, -0.15) is 4.98 Å². The van der Waals surface area contributed by atoms with Gasteiger partial charge in [-0.3, -0.25) is 9.59 Å². The Hall–Kier alpha value is -3.19. The molecule has 0 unspecified atom stereocenters. The van der Waals surface area contributed by atoms with Gasteiger partial charge < -0.3 is 14.6 Å². The maximum atomic E-state index is 12.2. The van der Waals surface area contributed by atoms with Gasteiger partial charge in [0, 0.05) is 22.7 Å². The predicted molar refractivity (Wildman–Crippen MR) is 108 cm³/mol. The van der Waals surface area contributed by atoms with Gasteiger partial charge in [0.2, 0.25) is 11.7 Å². The number of anilines is 1. The highest BCUT2D eigenvalue weighted by Crippen LogP contribution is 2.19. The molecule has 0 radical (unpaired) electrons. The molecule has 0 saturated heterocycles. The van der Waals surface area contributed by atoms with Crippen LogP contribution in [0.2, 0.25) is 5.02 Å². The number of halogens is 1. The summed E-state index contributed by atoms with van der Waals surface area (Å²) in [5, 5.41) is 7.21. The first-order chi connectivity index (χ1) is 13.9. The second kappa shape index (κ2) is 9.34. The number of aryl methyl sites for hydroxylation is 2. The summed E-state index contributed by atoms with van der Waals surface area (Å²) in [4.78, 5) is 28.4. The molecule has 1 atom stereocenters. The number of ether oxygens (including phenoxy) is 1. The average molecular weight is 414 g/mol. The highest BCUT2D eigenvalue weighted by molar-refractivity contribution is 6.30. The number of benzene rings is 2. The topological polar surface area (TPSA) is 94.3 Å². The monoisotopic (exact) mass is 413 g/mol. The van der Waals surface area contributed by atoms with E-state index in [1.807, 2.05) is 19.1 Å². The molecule has 0 aliphatic rings. The summed E-state index contributed by atoms with van der Waals surface area (Å²) < 4.78 is 10.3. The Labute approximate surface area is 173 Å². The second-order valence-electron chi connectivity index (χ2n) is 6.51. The normalized spacial score (nSPS) is 11.7. The molecule has 3 rings (SSSR count). The lowest BCUT2D eigenvalue weighted by Gasteiger charge is -2.13. The van der Waals surface area contributed by atoms with Gasteiger partial charge in [-0.15, -0.1) is 0 Å². The lowest BCUT2D eigenvalue weighted by molar-refractivity contribution is -0.153. The third-order valence-corrected chi connectivity index (χ3v) is 4.36. The van der Waals surface area contributed by atoms with E-state index in [1.54, 1.807) is 36.4 Å². The fourth-order valence-electron chi connectivity index (χ4n) is 2.47. The minimum Gasteiger partial charge on any atom is -0.453 e. The molecule has 3 aromatic rings. The van der Waals surface area contributed by atoms with Crippen molar-refractivity contribution >= 4 is 29.2 Å². The molecule has 7 nitrogen and oxygen atoms in total. The molecule has 0 spiro atoms. The van der Waals surface area contributed by atoms with Gasteiger partial charge in [0.1, 0.15) is 0 Å². The number of esters is 1. The highest BCUT2D eigenvalue weighted by Gasteiger charge is 2.19. The van der Waals surface area contributed by atoms with Crippen LogP contribution in [-0.2, 0) is 20.7 Å². The number of rotatable bonds is 7. The van der Waals surface area contributed by atoms with E-state index in [9.17, 15) is 9.59 Å². The number of hydrogen-bond acceptors (Lipinski definition) is 6. The van der Waals surface area contributed by atoms with Crippen molar-refractivity contribution in [2.75, 3.05) is 5.32 Å². The largest absolute Gasteiger partial charge is 0.453 e. The molecule has 0 aliphatic heterocycles. The Morgan fingerprint density at radius 1 is 1.14 bits per heavy atom. The Bertz CT molecular complexity index is 984. The molecule has 1 N–H and O–H groups in total. The molecule has 1 amide bonds. The molecule has 1 heterocycles. The van der Waals surface area contributed by atoms with Crippen LogP contribution in [0.15, 0.2) is 53.1 Å². The highest BCUT2D eigenvalue weighted by atomic mass is 35.5. The van der Waals surface area contributed by atoms with Gasteiger partial charge in [-0.1, -0.05) is 34.5 Å². The maximum Gasteiger partial charge on any atom is 0.307 e. The summed E-state index contributed by atoms with van der Waals surface area (Å²) in [7, 11) is 0. The van der Waals surface area contributed by atoms with E-state index in [2.05, 4.69) is 15.5 Å². The Balaban J connectivity index is 1.47. The van der Waals surface area contributed by atoms with Gasteiger partial charge in [-0.25, -0.2) is 0 Å². The molecular formula is C21H20ClN3O4. The molecular weight excluding hydrogens is 394 g/mol. The minimum atomic E-state index is -0.920. The molecule has 0 aliphatic carbocycles. The SMILES string of the molecule is Cc1ccc(NC(=O)[C@H](C)OC(=O)CCc2nc(-c3ccc(Cl)cc3)no2)cc1. The number of nitrogens with zero attached hydrogens (tertiary/aromatic N) is 2. The van der Waals surface area contributed by atoms with Crippen molar-refractivity contribution in [3.8, 4) is 11.4 Å².